The van der Waals surface area contributed by atoms with Gasteiger partial charge in [0.05, 0.1) is 18.5 Å². The highest BCUT2D eigenvalue weighted by Gasteiger charge is 2.29. The van der Waals surface area contributed by atoms with Gasteiger partial charge in [-0.1, -0.05) is 23.8 Å². The van der Waals surface area contributed by atoms with E-state index in [0.717, 1.165) is 33.0 Å². The molecule has 1 N–H and O–H groups in total. The first-order valence-electron chi connectivity index (χ1n) is 9.13. The number of nitrogens with one attached hydrogen (secondary N) is 1. The van der Waals surface area contributed by atoms with E-state index in [1.807, 2.05) is 51.1 Å². The molecule has 0 saturated carbocycles. The van der Waals surface area contributed by atoms with Gasteiger partial charge in [-0.15, -0.1) is 0 Å². The monoisotopic (exact) mass is 404 g/mol. The van der Waals surface area contributed by atoms with Crippen molar-refractivity contribution in [2.24, 2.45) is 0 Å². The highest BCUT2D eigenvalue weighted by molar-refractivity contribution is 7.92. The van der Waals surface area contributed by atoms with Crippen LogP contribution in [0, 0.1) is 20.8 Å². The van der Waals surface area contributed by atoms with E-state index < -0.39 is 16.1 Å². The number of hydrogen-bond donors (Lipinski definition) is 1. The number of benzene rings is 2. The van der Waals surface area contributed by atoms with Gasteiger partial charge in [-0.3, -0.25) is 9.10 Å². The summed E-state index contributed by atoms with van der Waals surface area (Å²) in [4.78, 5) is 12.5. The quantitative estimate of drug-likeness (QED) is 0.687. The Morgan fingerprint density at radius 2 is 1.71 bits per heavy atom. The van der Waals surface area contributed by atoms with Crippen LogP contribution in [0.5, 0.6) is 5.75 Å². The average molecular weight is 405 g/mol. The number of rotatable bonds is 8. The number of aryl methyl sites for hydroxylation is 3. The van der Waals surface area contributed by atoms with Crippen molar-refractivity contribution in [3.8, 4) is 5.75 Å². The van der Waals surface area contributed by atoms with Gasteiger partial charge in [0.1, 0.15) is 18.4 Å². The summed E-state index contributed by atoms with van der Waals surface area (Å²) >= 11 is 0. The van der Waals surface area contributed by atoms with Gasteiger partial charge >= 0.3 is 0 Å². The maximum Gasteiger partial charge on any atom is 0.243 e. The van der Waals surface area contributed by atoms with Crippen molar-refractivity contribution >= 4 is 21.6 Å². The van der Waals surface area contributed by atoms with E-state index in [1.165, 1.54) is 0 Å². The molecule has 2 rings (SSSR count). The SMILES string of the molecule is Cc1ccc(OCCNC(=O)[C@H](C)N(c2ccc(C)c(C)c2)S(C)(=O)=O)cc1. The Bertz CT molecular complexity index is 924. The van der Waals surface area contributed by atoms with Gasteiger partial charge in [0.2, 0.25) is 15.9 Å². The molecule has 7 heteroatoms. The topological polar surface area (TPSA) is 75.7 Å². The van der Waals surface area contributed by atoms with Crippen molar-refractivity contribution in [1.82, 2.24) is 5.32 Å². The largest absolute Gasteiger partial charge is 0.492 e. The lowest BCUT2D eigenvalue weighted by Crippen LogP contribution is -2.48. The Morgan fingerprint density at radius 1 is 1.07 bits per heavy atom. The molecule has 0 heterocycles. The number of anilines is 1. The van der Waals surface area contributed by atoms with E-state index in [4.69, 9.17) is 4.74 Å². The number of ether oxygens (including phenoxy) is 1. The number of hydrogen-bond acceptors (Lipinski definition) is 4. The summed E-state index contributed by atoms with van der Waals surface area (Å²) < 4.78 is 31.4. The first-order valence-corrected chi connectivity index (χ1v) is 11.0. The first-order chi connectivity index (χ1) is 13.1. The highest BCUT2D eigenvalue weighted by atomic mass is 32.2. The molecule has 0 bridgehead atoms. The molecule has 0 unspecified atom stereocenters. The predicted octanol–water partition coefficient (Wildman–Crippen LogP) is 2.96. The number of amides is 1. The van der Waals surface area contributed by atoms with Crippen molar-refractivity contribution in [1.29, 1.82) is 0 Å². The first kappa shape index (κ1) is 21.8. The molecule has 152 valence electrons. The Kier molecular flexibility index (Phi) is 7.07. The molecule has 28 heavy (non-hydrogen) atoms. The zero-order chi connectivity index (χ0) is 20.9. The summed E-state index contributed by atoms with van der Waals surface area (Å²) in [6.07, 6.45) is 1.10. The number of nitrogens with zero attached hydrogens (tertiary/aromatic N) is 1. The second-order valence-corrected chi connectivity index (χ2v) is 8.82. The molecular weight excluding hydrogens is 376 g/mol. The van der Waals surface area contributed by atoms with Crippen LogP contribution >= 0.6 is 0 Å². The molecule has 1 amide bonds. The second kappa shape index (κ2) is 9.10. The molecular formula is C21H28N2O4S. The van der Waals surface area contributed by atoms with Crippen LogP contribution in [0.2, 0.25) is 0 Å². The molecule has 0 aromatic heterocycles. The van der Waals surface area contributed by atoms with Crippen molar-refractivity contribution in [3.63, 3.8) is 0 Å². The van der Waals surface area contributed by atoms with E-state index in [2.05, 4.69) is 5.32 Å². The van der Waals surface area contributed by atoms with Crippen molar-refractivity contribution in [2.45, 2.75) is 33.7 Å². The van der Waals surface area contributed by atoms with E-state index in [1.54, 1.807) is 19.1 Å². The van der Waals surface area contributed by atoms with Crippen LogP contribution in [0.4, 0.5) is 5.69 Å². The van der Waals surface area contributed by atoms with Crippen LogP contribution in [0.15, 0.2) is 42.5 Å². The van der Waals surface area contributed by atoms with Gasteiger partial charge in [0.25, 0.3) is 0 Å². The number of carbonyl (C=O) groups is 1. The third-order valence-electron chi connectivity index (χ3n) is 4.52. The van der Waals surface area contributed by atoms with Crippen molar-refractivity contribution in [2.75, 3.05) is 23.7 Å². The summed E-state index contributed by atoms with van der Waals surface area (Å²) in [5, 5.41) is 2.74. The van der Waals surface area contributed by atoms with Crippen molar-refractivity contribution in [3.05, 3.63) is 59.2 Å². The van der Waals surface area contributed by atoms with E-state index in [-0.39, 0.29) is 12.5 Å². The second-order valence-electron chi connectivity index (χ2n) is 6.96. The van der Waals surface area contributed by atoms with Gasteiger partial charge < -0.3 is 10.1 Å². The Hall–Kier alpha value is -2.54. The molecule has 0 radical (unpaired) electrons. The third kappa shape index (κ3) is 5.73. The molecule has 2 aromatic rings. The molecule has 1 atom stereocenters. The Morgan fingerprint density at radius 3 is 2.29 bits per heavy atom. The fourth-order valence-electron chi connectivity index (χ4n) is 2.80. The Balaban J connectivity index is 2.01. The summed E-state index contributed by atoms with van der Waals surface area (Å²) in [5.41, 5.74) is 3.64. The normalized spacial score (nSPS) is 12.3. The van der Waals surface area contributed by atoms with Crippen molar-refractivity contribution < 1.29 is 17.9 Å². The van der Waals surface area contributed by atoms with E-state index >= 15 is 0 Å². The molecule has 0 saturated heterocycles. The van der Waals surface area contributed by atoms with Gasteiger partial charge in [0, 0.05) is 0 Å². The zero-order valence-electron chi connectivity index (χ0n) is 17.0. The van der Waals surface area contributed by atoms with E-state index in [9.17, 15) is 13.2 Å². The average Bonchev–Trinajstić information content (AvgIpc) is 2.62. The fraction of sp³-hybridized carbons (Fsp3) is 0.381. The predicted molar refractivity (Wildman–Crippen MR) is 112 cm³/mol. The smallest absolute Gasteiger partial charge is 0.243 e. The molecule has 0 spiro atoms. The Labute approximate surface area is 167 Å². The molecule has 6 nitrogen and oxygen atoms in total. The number of sulfonamides is 1. The maximum absolute atomic E-state index is 12.5. The molecule has 2 aromatic carbocycles. The van der Waals surface area contributed by atoms with Gasteiger partial charge in [-0.05, 0) is 63.1 Å². The van der Waals surface area contributed by atoms with Gasteiger partial charge in [0.15, 0.2) is 0 Å². The van der Waals surface area contributed by atoms with Gasteiger partial charge in [-0.25, -0.2) is 8.42 Å². The zero-order valence-corrected chi connectivity index (χ0v) is 17.8. The summed E-state index contributed by atoms with van der Waals surface area (Å²) in [6.45, 7) is 8.01. The lowest BCUT2D eigenvalue weighted by atomic mass is 10.1. The third-order valence-corrected chi connectivity index (χ3v) is 5.77. The summed E-state index contributed by atoms with van der Waals surface area (Å²) in [7, 11) is -3.63. The van der Waals surface area contributed by atoms with Crippen LogP contribution in [0.1, 0.15) is 23.6 Å². The lowest BCUT2D eigenvalue weighted by Gasteiger charge is -2.28. The van der Waals surface area contributed by atoms with Crippen LogP contribution < -0.4 is 14.4 Å². The van der Waals surface area contributed by atoms with Crippen LogP contribution in [0.25, 0.3) is 0 Å². The maximum atomic E-state index is 12.5. The molecule has 0 aliphatic carbocycles. The van der Waals surface area contributed by atoms with Crippen LogP contribution in [-0.4, -0.2) is 39.8 Å². The lowest BCUT2D eigenvalue weighted by molar-refractivity contribution is -0.121. The minimum absolute atomic E-state index is 0.279. The fourth-order valence-corrected chi connectivity index (χ4v) is 3.96. The summed E-state index contributed by atoms with van der Waals surface area (Å²) in [5.74, 6) is 0.344. The number of carbonyl (C=O) groups excluding carboxylic acids is 1. The van der Waals surface area contributed by atoms with Gasteiger partial charge in [-0.2, -0.15) is 0 Å². The van der Waals surface area contributed by atoms with Crippen LogP contribution in [0.3, 0.4) is 0 Å². The minimum atomic E-state index is -3.63. The standard InChI is InChI=1S/C21H28N2O4S/c1-15-6-10-20(11-7-15)27-13-12-22-21(24)18(4)23(28(5,25)26)19-9-8-16(2)17(3)14-19/h6-11,14,18H,12-13H2,1-5H3,(H,22,24)/t18-/m0/s1. The molecule has 0 aliphatic rings. The highest BCUT2D eigenvalue weighted by Crippen LogP contribution is 2.23. The van der Waals surface area contributed by atoms with Crippen LogP contribution in [-0.2, 0) is 14.8 Å². The van der Waals surface area contributed by atoms with E-state index in [0.29, 0.717) is 12.3 Å². The molecule has 0 aliphatic heterocycles. The minimum Gasteiger partial charge on any atom is -0.492 e. The molecule has 0 fully saturated rings. The summed E-state index contributed by atoms with van der Waals surface area (Å²) in [6, 6.07) is 12.1.